The van der Waals surface area contributed by atoms with Crippen LogP contribution in [0.15, 0.2) is 17.4 Å². The third kappa shape index (κ3) is 4.55. The number of rotatable bonds is 5. The maximum absolute atomic E-state index is 12.6. The Morgan fingerprint density at radius 2 is 2.08 bits per heavy atom. The molecule has 1 amide bonds. The number of hydrogen-bond acceptors (Lipinski definition) is 4. The number of aryl methyl sites for hydroxylation is 1. The van der Waals surface area contributed by atoms with Crippen LogP contribution in [0.1, 0.15) is 19.8 Å². The van der Waals surface area contributed by atoms with Crippen molar-refractivity contribution in [3.8, 4) is 0 Å². The van der Waals surface area contributed by atoms with Crippen molar-refractivity contribution in [2.45, 2.75) is 19.8 Å². The van der Waals surface area contributed by atoms with Crippen LogP contribution < -0.4 is 10.2 Å². The minimum Gasteiger partial charge on any atom is -0.356 e. The number of guanidine groups is 1. The Morgan fingerprint density at radius 1 is 1.31 bits per heavy atom. The number of nitrogens with one attached hydrogen (secondary N) is 1. The van der Waals surface area contributed by atoms with Crippen molar-refractivity contribution >= 4 is 17.6 Å². The number of hydrogen-bond donors (Lipinski definition) is 1. The van der Waals surface area contributed by atoms with Crippen molar-refractivity contribution in [2.24, 2.45) is 18.0 Å². The normalized spacial score (nSPS) is 20.7. The summed E-state index contributed by atoms with van der Waals surface area (Å²) in [6, 6.07) is 0. The molecule has 2 aliphatic rings. The van der Waals surface area contributed by atoms with E-state index in [1.807, 2.05) is 18.1 Å². The summed E-state index contributed by atoms with van der Waals surface area (Å²) in [5.41, 5.74) is 0.860. The SMILES string of the molecule is CN=C(NCC(C)CN1CCCC1)N1CCN(c2cnn(C)c2)C(=O)C1. The molecule has 2 saturated heterocycles. The van der Waals surface area contributed by atoms with Gasteiger partial charge in [0.05, 0.1) is 11.9 Å². The van der Waals surface area contributed by atoms with E-state index in [9.17, 15) is 4.79 Å². The summed E-state index contributed by atoms with van der Waals surface area (Å²) in [6.07, 6.45) is 6.26. The second-order valence-electron chi connectivity index (χ2n) is 7.38. The largest absolute Gasteiger partial charge is 0.356 e. The van der Waals surface area contributed by atoms with Crippen LogP contribution in [0.4, 0.5) is 5.69 Å². The Bertz CT molecular complexity index is 635. The molecule has 0 saturated carbocycles. The first kappa shape index (κ1) is 18.7. The Morgan fingerprint density at radius 3 is 2.69 bits per heavy atom. The summed E-state index contributed by atoms with van der Waals surface area (Å²) in [4.78, 5) is 23.3. The van der Waals surface area contributed by atoms with Gasteiger partial charge in [-0.25, -0.2) is 0 Å². The molecule has 1 aromatic rings. The first-order valence-electron chi connectivity index (χ1n) is 9.54. The summed E-state index contributed by atoms with van der Waals surface area (Å²) >= 11 is 0. The van der Waals surface area contributed by atoms with Crippen LogP contribution in [-0.2, 0) is 11.8 Å². The highest BCUT2D eigenvalue weighted by molar-refractivity contribution is 5.98. The zero-order valence-electron chi connectivity index (χ0n) is 16.2. The highest BCUT2D eigenvalue weighted by atomic mass is 16.2. The van der Waals surface area contributed by atoms with E-state index in [4.69, 9.17) is 0 Å². The minimum atomic E-state index is 0.0808. The molecule has 3 heterocycles. The van der Waals surface area contributed by atoms with Gasteiger partial charge in [0.15, 0.2) is 5.96 Å². The molecule has 144 valence electrons. The average Bonchev–Trinajstić information content (AvgIpc) is 3.27. The Hall–Kier alpha value is -2.09. The summed E-state index contributed by atoms with van der Waals surface area (Å²) in [6.45, 7) is 8.47. The Kier molecular flexibility index (Phi) is 6.13. The molecule has 1 unspecified atom stereocenters. The molecule has 0 radical (unpaired) electrons. The molecule has 2 aliphatic heterocycles. The van der Waals surface area contributed by atoms with Gasteiger partial charge in [-0.2, -0.15) is 5.10 Å². The van der Waals surface area contributed by atoms with Gasteiger partial charge in [-0.05, 0) is 31.8 Å². The van der Waals surface area contributed by atoms with Gasteiger partial charge in [0, 0.05) is 46.5 Å². The lowest BCUT2D eigenvalue weighted by molar-refractivity contribution is -0.120. The number of amides is 1. The van der Waals surface area contributed by atoms with E-state index >= 15 is 0 Å². The monoisotopic (exact) mass is 361 g/mol. The van der Waals surface area contributed by atoms with Crippen molar-refractivity contribution in [2.75, 3.05) is 57.8 Å². The van der Waals surface area contributed by atoms with Crippen molar-refractivity contribution in [3.63, 3.8) is 0 Å². The number of carbonyl (C=O) groups is 1. The fraction of sp³-hybridized carbons (Fsp3) is 0.722. The van der Waals surface area contributed by atoms with Crippen LogP contribution in [0.3, 0.4) is 0 Å². The number of piperazine rings is 1. The molecular formula is C18H31N7O. The van der Waals surface area contributed by atoms with Gasteiger partial charge in [0.1, 0.15) is 6.54 Å². The summed E-state index contributed by atoms with van der Waals surface area (Å²) in [5, 5.41) is 7.61. The summed E-state index contributed by atoms with van der Waals surface area (Å²) < 4.78 is 1.72. The van der Waals surface area contributed by atoms with Gasteiger partial charge < -0.3 is 20.0 Å². The molecular weight excluding hydrogens is 330 g/mol. The van der Waals surface area contributed by atoms with Crippen molar-refractivity contribution in [3.05, 3.63) is 12.4 Å². The predicted molar refractivity (Wildman–Crippen MR) is 103 cm³/mol. The Balaban J connectivity index is 1.49. The van der Waals surface area contributed by atoms with E-state index in [1.54, 1.807) is 22.8 Å². The molecule has 8 nitrogen and oxygen atoms in total. The van der Waals surface area contributed by atoms with Crippen molar-refractivity contribution in [1.82, 2.24) is 24.9 Å². The molecule has 0 bridgehead atoms. The quantitative estimate of drug-likeness (QED) is 0.606. The van der Waals surface area contributed by atoms with Gasteiger partial charge in [0.2, 0.25) is 5.91 Å². The summed E-state index contributed by atoms with van der Waals surface area (Å²) in [5.74, 6) is 1.45. The van der Waals surface area contributed by atoms with E-state index in [0.29, 0.717) is 19.0 Å². The van der Waals surface area contributed by atoms with Crippen LogP contribution in [-0.4, -0.2) is 84.3 Å². The zero-order valence-corrected chi connectivity index (χ0v) is 16.2. The van der Waals surface area contributed by atoms with E-state index in [-0.39, 0.29) is 5.91 Å². The summed E-state index contributed by atoms with van der Waals surface area (Å²) in [7, 11) is 3.64. The van der Waals surface area contributed by atoms with E-state index in [0.717, 1.165) is 31.3 Å². The van der Waals surface area contributed by atoms with Crippen LogP contribution in [0.25, 0.3) is 0 Å². The van der Waals surface area contributed by atoms with Crippen LogP contribution >= 0.6 is 0 Å². The highest BCUT2D eigenvalue weighted by Gasteiger charge is 2.27. The van der Waals surface area contributed by atoms with Gasteiger partial charge in [-0.1, -0.05) is 6.92 Å². The average molecular weight is 361 g/mol. The zero-order chi connectivity index (χ0) is 18.5. The molecule has 0 aliphatic carbocycles. The number of likely N-dealkylation sites (tertiary alicyclic amines) is 1. The van der Waals surface area contributed by atoms with E-state index < -0.39 is 0 Å². The fourth-order valence-electron chi connectivity index (χ4n) is 3.74. The number of nitrogens with zero attached hydrogens (tertiary/aromatic N) is 6. The standard InChI is InChI=1S/C18H31N7O/c1-15(12-23-6-4-5-7-23)10-20-18(19-2)24-8-9-25(17(26)14-24)16-11-21-22(3)13-16/h11,13,15H,4-10,12,14H2,1-3H3,(H,19,20). The molecule has 1 atom stereocenters. The molecule has 2 fully saturated rings. The first-order valence-corrected chi connectivity index (χ1v) is 9.54. The lowest BCUT2D eigenvalue weighted by Crippen LogP contribution is -2.55. The topological polar surface area (TPSA) is 69.0 Å². The van der Waals surface area contributed by atoms with Gasteiger partial charge >= 0.3 is 0 Å². The van der Waals surface area contributed by atoms with E-state index in [1.165, 1.54) is 25.9 Å². The number of anilines is 1. The van der Waals surface area contributed by atoms with E-state index in [2.05, 4.69) is 27.2 Å². The fourth-order valence-corrected chi connectivity index (χ4v) is 3.74. The third-order valence-electron chi connectivity index (χ3n) is 5.11. The smallest absolute Gasteiger partial charge is 0.246 e. The molecule has 1 aromatic heterocycles. The van der Waals surface area contributed by atoms with Crippen LogP contribution in [0, 0.1) is 5.92 Å². The van der Waals surface area contributed by atoms with Gasteiger partial charge in [-0.3, -0.25) is 14.5 Å². The lowest BCUT2D eigenvalue weighted by Gasteiger charge is -2.35. The number of carbonyl (C=O) groups excluding carboxylic acids is 1. The molecule has 3 rings (SSSR count). The predicted octanol–water partition coefficient (Wildman–Crippen LogP) is 0.376. The number of aliphatic imine (C=N–C) groups is 1. The second kappa shape index (κ2) is 8.53. The minimum absolute atomic E-state index is 0.0808. The maximum atomic E-state index is 12.6. The van der Waals surface area contributed by atoms with Gasteiger partial charge in [0.25, 0.3) is 0 Å². The molecule has 1 N–H and O–H groups in total. The molecule has 0 aromatic carbocycles. The van der Waals surface area contributed by atoms with Crippen LogP contribution in [0.5, 0.6) is 0 Å². The Labute approximate surface area is 155 Å². The molecule has 26 heavy (non-hydrogen) atoms. The lowest BCUT2D eigenvalue weighted by atomic mass is 10.1. The number of aromatic nitrogens is 2. The van der Waals surface area contributed by atoms with Crippen LogP contribution in [0.2, 0.25) is 0 Å². The van der Waals surface area contributed by atoms with Crippen molar-refractivity contribution < 1.29 is 4.79 Å². The maximum Gasteiger partial charge on any atom is 0.246 e. The third-order valence-corrected chi connectivity index (χ3v) is 5.11. The highest BCUT2D eigenvalue weighted by Crippen LogP contribution is 2.16. The molecule has 8 heteroatoms. The first-order chi connectivity index (χ1) is 12.6. The second-order valence-corrected chi connectivity index (χ2v) is 7.38. The van der Waals surface area contributed by atoms with Gasteiger partial charge in [-0.15, -0.1) is 0 Å². The van der Waals surface area contributed by atoms with Crippen molar-refractivity contribution in [1.29, 1.82) is 0 Å². The molecule has 0 spiro atoms.